The predicted molar refractivity (Wildman–Crippen MR) is 121 cm³/mol. The van der Waals surface area contributed by atoms with Crippen molar-refractivity contribution in [2.45, 2.75) is 13.0 Å². The van der Waals surface area contributed by atoms with E-state index >= 15 is 0 Å². The molecule has 33 heavy (non-hydrogen) atoms. The number of hydrogen-bond donors (Lipinski definition) is 1. The molecular formula is C19H22N8O5S. The van der Waals surface area contributed by atoms with Gasteiger partial charge in [-0.25, -0.2) is 9.78 Å². The Morgan fingerprint density at radius 2 is 2.06 bits per heavy atom. The van der Waals surface area contributed by atoms with E-state index in [1.54, 1.807) is 6.20 Å². The van der Waals surface area contributed by atoms with Crippen LogP contribution >= 0.6 is 12.2 Å². The Kier molecular flexibility index (Phi) is 6.35. The molecule has 4 rings (SSSR count). The van der Waals surface area contributed by atoms with Crippen molar-refractivity contribution in [3.63, 3.8) is 0 Å². The summed E-state index contributed by atoms with van der Waals surface area (Å²) in [6, 6.07) is 4.96. The molecule has 0 aliphatic carbocycles. The zero-order valence-electron chi connectivity index (χ0n) is 17.8. The predicted octanol–water partition coefficient (Wildman–Crippen LogP) is 0.603. The molecule has 2 amide bonds. The molecule has 0 saturated carbocycles. The summed E-state index contributed by atoms with van der Waals surface area (Å²) in [5, 5.41) is 17.8. The summed E-state index contributed by atoms with van der Waals surface area (Å²) in [5.74, 6) is 0.340. The molecule has 1 atom stereocenters. The largest absolute Gasteiger partial charge is 0.442 e. The minimum Gasteiger partial charge on any atom is -0.442 e. The van der Waals surface area contributed by atoms with Crippen molar-refractivity contribution in [3.05, 3.63) is 40.7 Å². The van der Waals surface area contributed by atoms with Gasteiger partial charge in [0.1, 0.15) is 11.9 Å². The lowest BCUT2D eigenvalue weighted by Crippen LogP contribution is -2.50. The number of carbonyl (C=O) groups is 2. The third kappa shape index (κ3) is 5.00. The van der Waals surface area contributed by atoms with Crippen LogP contribution in [0.15, 0.2) is 30.6 Å². The van der Waals surface area contributed by atoms with Gasteiger partial charge in [0.15, 0.2) is 0 Å². The van der Waals surface area contributed by atoms with Gasteiger partial charge in [-0.2, -0.15) is 0 Å². The van der Waals surface area contributed by atoms with Crippen molar-refractivity contribution in [1.29, 1.82) is 0 Å². The minimum absolute atomic E-state index is 0.178. The Labute approximate surface area is 194 Å². The molecule has 2 aliphatic rings. The fraction of sp³-hybridized carbons (Fsp3) is 0.421. The van der Waals surface area contributed by atoms with Crippen LogP contribution in [0.3, 0.4) is 0 Å². The molecule has 0 bridgehead atoms. The summed E-state index contributed by atoms with van der Waals surface area (Å²) >= 11 is 5.42. The van der Waals surface area contributed by atoms with E-state index in [9.17, 15) is 19.7 Å². The molecule has 13 nitrogen and oxygen atoms in total. The molecule has 2 aliphatic heterocycles. The van der Waals surface area contributed by atoms with E-state index in [0.717, 1.165) is 5.82 Å². The van der Waals surface area contributed by atoms with Crippen molar-refractivity contribution in [3.8, 4) is 0 Å². The van der Waals surface area contributed by atoms with Crippen molar-refractivity contribution < 1.29 is 19.2 Å². The van der Waals surface area contributed by atoms with Crippen LogP contribution in [0, 0.1) is 10.1 Å². The van der Waals surface area contributed by atoms with Gasteiger partial charge in [0, 0.05) is 33.1 Å². The first kappa shape index (κ1) is 22.4. The van der Waals surface area contributed by atoms with E-state index < -0.39 is 17.1 Å². The lowest BCUT2D eigenvalue weighted by Gasteiger charge is -2.36. The monoisotopic (exact) mass is 474 g/mol. The van der Waals surface area contributed by atoms with Gasteiger partial charge in [0.25, 0.3) is 0 Å². The SMILES string of the molecule is CC(=O)NCC1CN(c2ccc(N3CCN(C(=S)n4ccc([N+](=O)[O-])n4)CC3)nc2)C(=O)O1. The number of carbonyl (C=O) groups excluding carboxylic acids is 2. The van der Waals surface area contributed by atoms with Crippen LogP contribution in [0.2, 0.25) is 0 Å². The van der Waals surface area contributed by atoms with E-state index in [4.69, 9.17) is 17.0 Å². The van der Waals surface area contributed by atoms with E-state index in [0.29, 0.717) is 43.5 Å². The normalized spacial score (nSPS) is 18.3. The number of aromatic nitrogens is 3. The first-order chi connectivity index (χ1) is 15.8. The van der Waals surface area contributed by atoms with Crippen molar-refractivity contribution >= 4 is 46.7 Å². The van der Waals surface area contributed by atoms with E-state index in [1.807, 2.05) is 17.0 Å². The number of nitrogens with one attached hydrogen (secondary N) is 1. The molecule has 1 N–H and O–H groups in total. The topological polar surface area (TPSA) is 139 Å². The van der Waals surface area contributed by atoms with E-state index in [2.05, 4.69) is 20.3 Å². The highest BCUT2D eigenvalue weighted by atomic mass is 32.1. The first-order valence-electron chi connectivity index (χ1n) is 10.2. The number of nitro groups is 1. The Morgan fingerprint density at radius 1 is 1.30 bits per heavy atom. The fourth-order valence-electron chi connectivity index (χ4n) is 3.61. The number of piperazine rings is 1. The van der Waals surface area contributed by atoms with Crippen LogP contribution < -0.4 is 15.1 Å². The van der Waals surface area contributed by atoms with Crippen LogP contribution in [0.5, 0.6) is 0 Å². The number of anilines is 2. The van der Waals surface area contributed by atoms with E-state index in [1.165, 1.54) is 28.8 Å². The van der Waals surface area contributed by atoms with Crippen molar-refractivity contribution in [1.82, 2.24) is 25.0 Å². The Morgan fingerprint density at radius 3 is 2.67 bits per heavy atom. The lowest BCUT2D eigenvalue weighted by molar-refractivity contribution is -0.389. The number of cyclic esters (lactones) is 1. The number of nitrogens with zero attached hydrogens (tertiary/aromatic N) is 7. The van der Waals surface area contributed by atoms with Crippen LogP contribution in [0.1, 0.15) is 6.92 Å². The number of ether oxygens (including phenoxy) is 1. The Balaban J connectivity index is 1.32. The lowest BCUT2D eigenvalue weighted by atomic mass is 10.3. The first-order valence-corrected chi connectivity index (χ1v) is 10.7. The Hall–Kier alpha value is -3.81. The average Bonchev–Trinajstić information content (AvgIpc) is 3.45. The summed E-state index contributed by atoms with van der Waals surface area (Å²) < 4.78 is 6.62. The standard InChI is InChI=1S/C19H22N8O5S/c1-13(28)20-11-15-12-25(19(29)32-15)14-2-3-16(21-10-14)23-6-8-24(9-7-23)18(33)26-5-4-17(22-26)27(30)31/h2-5,10,15H,6-9,11-12H2,1H3,(H,20,28). The minimum atomic E-state index is -0.558. The van der Waals surface area contributed by atoms with Crippen LogP contribution in [0.25, 0.3) is 0 Å². The maximum Gasteiger partial charge on any atom is 0.414 e. The number of pyridine rings is 1. The molecule has 2 aromatic rings. The van der Waals surface area contributed by atoms with Gasteiger partial charge in [-0.05, 0) is 29.3 Å². The Bertz CT molecular complexity index is 1070. The molecule has 0 radical (unpaired) electrons. The highest BCUT2D eigenvalue weighted by molar-refractivity contribution is 7.80. The average molecular weight is 475 g/mol. The highest BCUT2D eigenvalue weighted by Gasteiger charge is 2.32. The fourth-order valence-corrected chi connectivity index (χ4v) is 3.90. The van der Waals surface area contributed by atoms with Crippen LogP contribution in [-0.4, -0.2) is 87.1 Å². The second-order valence-electron chi connectivity index (χ2n) is 7.56. The molecule has 14 heteroatoms. The molecule has 2 fully saturated rings. The molecule has 174 valence electrons. The molecule has 4 heterocycles. The summed E-state index contributed by atoms with van der Waals surface area (Å²) in [4.78, 5) is 43.5. The summed E-state index contributed by atoms with van der Waals surface area (Å²) in [5.41, 5.74) is 0.620. The van der Waals surface area contributed by atoms with Gasteiger partial charge in [-0.1, -0.05) is 0 Å². The maximum absolute atomic E-state index is 12.2. The quantitative estimate of drug-likeness (QED) is 0.372. The maximum atomic E-state index is 12.2. The smallest absolute Gasteiger partial charge is 0.414 e. The number of amides is 2. The van der Waals surface area contributed by atoms with Crippen LogP contribution in [-0.2, 0) is 9.53 Å². The summed E-state index contributed by atoms with van der Waals surface area (Å²) in [6.45, 7) is 4.54. The molecule has 0 aromatic carbocycles. The second-order valence-corrected chi connectivity index (χ2v) is 7.93. The van der Waals surface area contributed by atoms with E-state index in [-0.39, 0.29) is 18.3 Å². The van der Waals surface area contributed by atoms with Gasteiger partial charge < -0.3 is 30.0 Å². The van der Waals surface area contributed by atoms with Crippen molar-refractivity contribution in [2.75, 3.05) is 49.1 Å². The molecular weight excluding hydrogens is 452 g/mol. The molecule has 2 aromatic heterocycles. The third-order valence-electron chi connectivity index (χ3n) is 5.33. The molecule has 2 saturated heterocycles. The zero-order chi connectivity index (χ0) is 23.5. The third-order valence-corrected chi connectivity index (χ3v) is 5.77. The molecule has 0 spiro atoms. The van der Waals surface area contributed by atoms with Gasteiger partial charge in [-0.15, -0.1) is 4.68 Å². The molecule has 1 unspecified atom stereocenters. The summed E-state index contributed by atoms with van der Waals surface area (Å²) in [6.07, 6.45) is 2.23. The second kappa shape index (κ2) is 9.36. The number of hydrogen-bond acceptors (Lipinski definition) is 9. The number of thiocarbonyl (C=S) groups is 1. The van der Waals surface area contributed by atoms with Crippen molar-refractivity contribution in [2.24, 2.45) is 0 Å². The van der Waals surface area contributed by atoms with Gasteiger partial charge in [0.2, 0.25) is 11.0 Å². The van der Waals surface area contributed by atoms with Gasteiger partial charge >= 0.3 is 11.9 Å². The summed E-state index contributed by atoms with van der Waals surface area (Å²) in [7, 11) is 0. The van der Waals surface area contributed by atoms with Crippen LogP contribution in [0.4, 0.5) is 22.1 Å². The van der Waals surface area contributed by atoms with Gasteiger partial charge in [-0.3, -0.25) is 9.69 Å². The zero-order valence-corrected chi connectivity index (χ0v) is 18.6. The van der Waals surface area contributed by atoms with Gasteiger partial charge in [0.05, 0.1) is 42.3 Å². The highest BCUT2D eigenvalue weighted by Crippen LogP contribution is 2.23. The number of rotatable bonds is 5.